The third kappa shape index (κ3) is 2.75. The van der Waals surface area contributed by atoms with E-state index in [1.165, 1.54) is 0 Å². The lowest BCUT2D eigenvalue weighted by Crippen LogP contribution is -2.52. The summed E-state index contributed by atoms with van der Waals surface area (Å²) in [6.45, 7) is 0. The zero-order chi connectivity index (χ0) is 15.8. The number of sulfonamides is 1. The number of nitrogens with one attached hydrogen (secondary N) is 1. The molecule has 0 heterocycles. The minimum atomic E-state index is -4.63. The van der Waals surface area contributed by atoms with Crippen LogP contribution < -0.4 is 4.72 Å². The van der Waals surface area contributed by atoms with E-state index in [-0.39, 0.29) is 12.8 Å². The molecule has 0 saturated heterocycles. The Morgan fingerprint density at radius 3 is 2.24 bits per heavy atom. The van der Waals surface area contributed by atoms with Crippen LogP contribution in [0.1, 0.15) is 25.7 Å². The highest BCUT2D eigenvalue weighted by Crippen LogP contribution is 2.32. The topological polar surface area (TPSA) is 83.5 Å². The normalized spacial score (nSPS) is 17.9. The van der Waals surface area contributed by atoms with Gasteiger partial charge in [0.15, 0.2) is 17.5 Å². The molecule has 2 rings (SSSR count). The molecule has 0 bridgehead atoms. The highest BCUT2D eigenvalue weighted by Gasteiger charge is 2.45. The molecular weight excluding hydrogens is 311 g/mol. The van der Waals surface area contributed by atoms with E-state index in [2.05, 4.69) is 0 Å². The Kier molecular flexibility index (Phi) is 3.98. The Hall–Kier alpha value is -1.61. The molecule has 1 aliphatic carbocycles. The molecule has 0 amide bonds. The van der Waals surface area contributed by atoms with Crippen LogP contribution in [-0.4, -0.2) is 25.0 Å². The summed E-state index contributed by atoms with van der Waals surface area (Å²) in [5.74, 6) is -6.71. The molecule has 1 aromatic carbocycles. The first-order valence-corrected chi connectivity index (χ1v) is 7.59. The van der Waals surface area contributed by atoms with Crippen LogP contribution >= 0.6 is 0 Å². The molecule has 5 nitrogen and oxygen atoms in total. The van der Waals surface area contributed by atoms with Gasteiger partial charge in [0.25, 0.3) is 0 Å². The summed E-state index contributed by atoms with van der Waals surface area (Å²) < 4.78 is 65.6. The van der Waals surface area contributed by atoms with Crippen molar-refractivity contribution in [2.75, 3.05) is 0 Å². The average Bonchev–Trinajstić information content (AvgIpc) is 2.84. The zero-order valence-corrected chi connectivity index (χ0v) is 11.5. The summed E-state index contributed by atoms with van der Waals surface area (Å²) >= 11 is 0. The van der Waals surface area contributed by atoms with Crippen molar-refractivity contribution in [2.45, 2.75) is 36.1 Å². The Balaban J connectivity index is 2.44. The zero-order valence-electron chi connectivity index (χ0n) is 10.7. The maximum Gasteiger partial charge on any atom is 0.324 e. The van der Waals surface area contributed by atoms with Gasteiger partial charge in [0, 0.05) is 0 Å². The van der Waals surface area contributed by atoms with E-state index in [0.717, 1.165) is 0 Å². The van der Waals surface area contributed by atoms with E-state index in [1.807, 2.05) is 4.72 Å². The summed E-state index contributed by atoms with van der Waals surface area (Å²) in [5.41, 5.74) is -1.74. The van der Waals surface area contributed by atoms with Crippen LogP contribution in [0.3, 0.4) is 0 Å². The van der Waals surface area contributed by atoms with Gasteiger partial charge in [0.2, 0.25) is 10.0 Å². The second-order valence-corrected chi connectivity index (χ2v) is 6.52. The Morgan fingerprint density at radius 2 is 1.71 bits per heavy atom. The highest BCUT2D eigenvalue weighted by atomic mass is 32.2. The Labute approximate surface area is 118 Å². The van der Waals surface area contributed by atoms with Crippen LogP contribution in [0.25, 0.3) is 0 Å². The van der Waals surface area contributed by atoms with Crippen LogP contribution in [0.2, 0.25) is 0 Å². The molecule has 0 aliphatic heterocycles. The van der Waals surface area contributed by atoms with E-state index >= 15 is 0 Å². The fourth-order valence-corrected chi connectivity index (χ4v) is 3.85. The number of aliphatic carboxylic acids is 1. The molecule has 9 heteroatoms. The van der Waals surface area contributed by atoms with Gasteiger partial charge >= 0.3 is 5.97 Å². The molecule has 21 heavy (non-hydrogen) atoms. The van der Waals surface area contributed by atoms with Gasteiger partial charge in [-0.2, -0.15) is 4.72 Å². The second-order valence-electron chi connectivity index (χ2n) is 4.87. The van der Waals surface area contributed by atoms with Crippen molar-refractivity contribution >= 4 is 16.0 Å². The number of rotatable bonds is 4. The van der Waals surface area contributed by atoms with E-state index in [4.69, 9.17) is 0 Å². The Bertz CT molecular complexity index is 684. The third-order valence-electron chi connectivity index (χ3n) is 3.49. The molecule has 0 radical (unpaired) electrons. The molecule has 0 atom stereocenters. The number of carbonyl (C=O) groups is 1. The molecule has 1 aliphatic rings. The number of benzene rings is 1. The molecule has 0 spiro atoms. The predicted octanol–water partition coefficient (Wildman–Crippen LogP) is 1.78. The third-order valence-corrected chi connectivity index (χ3v) is 5.04. The van der Waals surface area contributed by atoms with Gasteiger partial charge in [0.05, 0.1) is 0 Å². The van der Waals surface area contributed by atoms with Crippen molar-refractivity contribution in [3.05, 3.63) is 29.6 Å². The first-order chi connectivity index (χ1) is 9.69. The van der Waals surface area contributed by atoms with Gasteiger partial charge in [-0.15, -0.1) is 0 Å². The molecule has 0 aromatic heterocycles. The lowest BCUT2D eigenvalue weighted by atomic mass is 10.0. The van der Waals surface area contributed by atoms with Crippen molar-refractivity contribution in [1.29, 1.82) is 0 Å². The second kappa shape index (κ2) is 5.30. The maximum atomic E-state index is 13.6. The largest absolute Gasteiger partial charge is 0.480 e. The fraction of sp³-hybridized carbons (Fsp3) is 0.417. The molecular formula is C12H12F3NO4S. The quantitative estimate of drug-likeness (QED) is 0.827. The van der Waals surface area contributed by atoms with Gasteiger partial charge in [-0.25, -0.2) is 21.6 Å². The predicted molar refractivity (Wildman–Crippen MR) is 65.5 cm³/mol. The molecule has 116 valence electrons. The number of carboxylic acid groups (broad SMARTS) is 1. The SMILES string of the molecule is O=C(O)C1(NS(=O)(=O)c2ccc(F)c(F)c2F)CCCC1. The fourth-order valence-electron chi connectivity index (χ4n) is 2.37. The summed E-state index contributed by atoms with van der Waals surface area (Å²) in [5, 5.41) is 9.19. The van der Waals surface area contributed by atoms with Crippen LogP contribution in [0.15, 0.2) is 17.0 Å². The lowest BCUT2D eigenvalue weighted by molar-refractivity contribution is -0.143. The molecule has 1 fully saturated rings. The van der Waals surface area contributed by atoms with Crippen LogP contribution in [0.5, 0.6) is 0 Å². The standard InChI is InChI=1S/C12H12F3NO4S/c13-7-3-4-8(10(15)9(7)14)21(19,20)16-12(11(17)18)5-1-2-6-12/h3-4,16H,1-2,5-6H2,(H,17,18). The maximum absolute atomic E-state index is 13.6. The Morgan fingerprint density at radius 1 is 1.14 bits per heavy atom. The van der Waals surface area contributed by atoms with E-state index in [1.54, 1.807) is 0 Å². The summed E-state index contributed by atoms with van der Waals surface area (Å²) in [6, 6.07) is 1.02. The van der Waals surface area contributed by atoms with Gasteiger partial charge in [-0.1, -0.05) is 12.8 Å². The van der Waals surface area contributed by atoms with E-state index < -0.39 is 43.9 Å². The molecule has 1 saturated carbocycles. The van der Waals surface area contributed by atoms with Crippen molar-refractivity contribution in [3.8, 4) is 0 Å². The number of hydrogen-bond acceptors (Lipinski definition) is 3. The van der Waals surface area contributed by atoms with Crippen molar-refractivity contribution in [2.24, 2.45) is 0 Å². The smallest absolute Gasteiger partial charge is 0.324 e. The van der Waals surface area contributed by atoms with Crippen LogP contribution in [-0.2, 0) is 14.8 Å². The van der Waals surface area contributed by atoms with Crippen molar-refractivity contribution in [1.82, 2.24) is 4.72 Å². The van der Waals surface area contributed by atoms with Crippen molar-refractivity contribution < 1.29 is 31.5 Å². The van der Waals surface area contributed by atoms with Crippen LogP contribution in [0, 0.1) is 17.5 Å². The number of carboxylic acids is 1. The first-order valence-electron chi connectivity index (χ1n) is 6.10. The van der Waals surface area contributed by atoms with Gasteiger partial charge in [0.1, 0.15) is 10.4 Å². The average molecular weight is 323 g/mol. The molecule has 1 aromatic rings. The van der Waals surface area contributed by atoms with E-state index in [0.29, 0.717) is 25.0 Å². The monoisotopic (exact) mass is 323 g/mol. The molecule has 0 unspecified atom stereocenters. The number of hydrogen-bond donors (Lipinski definition) is 2. The van der Waals surface area contributed by atoms with Gasteiger partial charge < -0.3 is 5.11 Å². The van der Waals surface area contributed by atoms with E-state index in [9.17, 15) is 31.5 Å². The lowest BCUT2D eigenvalue weighted by Gasteiger charge is -2.25. The first kappa shape index (κ1) is 15.8. The molecule has 2 N–H and O–H groups in total. The minimum absolute atomic E-state index is 0.0485. The van der Waals surface area contributed by atoms with Gasteiger partial charge in [-0.3, -0.25) is 4.79 Å². The summed E-state index contributed by atoms with van der Waals surface area (Å²) in [7, 11) is -4.63. The summed E-state index contributed by atoms with van der Waals surface area (Å²) in [6.07, 6.45) is 1.09. The number of halogens is 3. The summed E-state index contributed by atoms with van der Waals surface area (Å²) in [4.78, 5) is 10.2. The van der Waals surface area contributed by atoms with Crippen LogP contribution in [0.4, 0.5) is 13.2 Å². The van der Waals surface area contributed by atoms with Gasteiger partial charge in [-0.05, 0) is 25.0 Å². The highest BCUT2D eigenvalue weighted by molar-refractivity contribution is 7.89. The minimum Gasteiger partial charge on any atom is -0.480 e. The van der Waals surface area contributed by atoms with Crippen molar-refractivity contribution in [3.63, 3.8) is 0 Å².